The summed E-state index contributed by atoms with van der Waals surface area (Å²) in [7, 11) is 0. The Labute approximate surface area is 222 Å². The molecule has 9 heteroatoms. The Morgan fingerprint density at radius 2 is 1.84 bits per heavy atom. The molecule has 0 spiro atoms. The fourth-order valence-electron chi connectivity index (χ4n) is 6.36. The summed E-state index contributed by atoms with van der Waals surface area (Å²) in [5.41, 5.74) is 1.22. The first kappa shape index (κ1) is 24.4. The molecule has 0 saturated heterocycles. The van der Waals surface area contributed by atoms with Crippen LogP contribution in [0.25, 0.3) is 33.3 Å². The summed E-state index contributed by atoms with van der Waals surface area (Å²) in [6.45, 7) is 0. The van der Waals surface area contributed by atoms with Crippen molar-refractivity contribution in [1.29, 1.82) is 5.26 Å². The summed E-state index contributed by atoms with van der Waals surface area (Å²) in [5.74, 6) is -2.90. The van der Waals surface area contributed by atoms with Gasteiger partial charge in [-0.25, -0.2) is 13.8 Å². The first-order valence-electron chi connectivity index (χ1n) is 12.5. The number of hydrogen-bond acceptors (Lipinski definition) is 4. The lowest BCUT2D eigenvalue weighted by Gasteiger charge is -2.47. The molecule has 2 aromatic carbocycles. The van der Waals surface area contributed by atoms with Crippen molar-refractivity contribution in [2.45, 2.75) is 31.7 Å². The van der Waals surface area contributed by atoms with Crippen LogP contribution in [0.5, 0.6) is 0 Å². The van der Waals surface area contributed by atoms with Crippen molar-refractivity contribution in [3.63, 3.8) is 0 Å². The molecular formula is C29H23ClF2N4O2. The predicted molar refractivity (Wildman–Crippen MR) is 141 cm³/mol. The van der Waals surface area contributed by atoms with Crippen LogP contribution in [0.3, 0.4) is 0 Å². The molecule has 3 aliphatic rings. The minimum absolute atomic E-state index is 0.0134. The summed E-state index contributed by atoms with van der Waals surface area (Å²) < 4.78 is 30.9. The highest BCUT2D eigenvalue weighted by atomic mass is 35.5. The minimum atomic E-state index is -0.906. The molecule has 192 valence electrons. The number of halogens is 3. The molecular weight excluding hydrogens is 510 g/mol. The summed E-state index contributed by atoms with van der Waals surface area (Å²) >= 11 is 6.14. The Kier molecular flexibility index (Phi) is 6.04. The van der Waals surface area contributed by atoms with Gasteiger partial charge in [0.25, 0.3) is 0 Å². The van der Waals surface area contributed by atoms with Gasteiger partial charge in [0.05, 0.1) is 22.7 Å². The number of benzene rings is 2. The molecule has 2 bridgehead atoms. The number of aromatic nitrogens is 2. The molecule has 3 N–H and O–H groups in total. The number of aromatic amines is 1. The highest BCUT2D eigenvalue weighted by Gasteiger charge is 2.47. The van der Waals surface area contributed by atoms with Crippen molar-refractivity contribution in [2.75, 3.05) is 5.32 Å². The van der Waals surface area contributed by atoms with E-state index < -0.39 is 29.6 Å². The maximum atomic E-state index is 16.3. The smallest absolute Gasteiger partial charge is 0.308 e. The molecule has 2 heterocycles. The highest BCUT2D eigenvalue weighted by molar-refractivity contribution is 6.31. The Bertz CT molecular complexity index is 1610. The number of rotatable bonds is 5. The zero-order chi connectivity index (χ0) is 26.6. The van der Waals surface area contributed by atoms with E-state index in [1.807, 2.05) is 0 Å². The molecule has 6 nitrogen and oxygen atoms in total. The van der Waals surface area contributed by atoms with Gasteiger partial charge in [-0.3, -0.25) is 4.79 Å². The van der Waals surface area contributed by atoms with Gasteiger partial charge in [0.2, 0.25) is 0 Å². The zero-order valence-electron chi connectivity index (χ0n) is 20.1. The summed E-state index contributed by atoms with van der Waals surface area (Å²) in [6.07, 6.45) is 4.92. The first-order chi connectivity index (χ1) is 18.4. The van der Waals surface area contributed by atoms with E-state index in [4.69, 9.17) is 11.6 Å². The number of pyridine rings is 1. The lowest BCUT2D eigenvalue weighted by molar-refractivity contribution is -0.148. The molecule has 0 aliphatic heterocycles. The first-order valence-corrected chi connectivity index (χ1v) is 12.9. The molecule has 0 radical (unpaired) electrons. The number of carboxylic acids is 1. The monoisotopic (exact) mass is 532 g/mol. The normalized spacial score (nSPS) is 22.4. The molecule has 3 aliphatic carbocycles. The second kappa shape index (κ2) is 9.41. The highest BCUT2D eigenvalue weighted by Crippen LogP contribution is 2.47. The van der Waals surface area contributed by atoms with E-state index in [0.29, 0.717) is 16.5 Å². The van der Waals surface area contributed by atoms with Crippen LogP contribution >= 0.6 is 11.6 Å². The van der Waals surface area contributed by atoms with Crippen LogP contribution in [-0.2, 0) is 4.79 Å². The van der Waals surface area contributed by atoms with Gasteiger partial charge in [-0.05, 0) is 55.2 Å². The average molecular weight is 533 g/mol. The number of anilines is 1. The van der Waals surface area contributed by atoms with Crippen molar-refractivity contribution in [2.24, 2.45) is 17.8 Å². The van der Waals surface area contributed by atoms with Crippen molar-refractivity contribution in [1.82, 2.24) is 9.97 Å². The lowest BCUT2D eigenvalue weighted by atomic mass is 9.61. The molecule has 3 saturated carbocycles. The molecule has 7 rings (SSSR count). The third-order valence-electron chi connectivity index (χ3n) is 8.08. The number of carboxylic acid groups (broad SMARTS) is 1. The van der Waals surface area contributed by atoms with E-state index in [9.17, 15) is 19.6 Å². The number of nitrogens with zero attached hydrogens (tertiary/aromatic N) is 2. The Morgan fingerprint density at radius 1 is 1.13 bits per heavy atom. The van der Waals surface area contributed by atoms with Crippen LogP contribution in [-0.4, -0.2) is 27.1 Å². The lowest BCUT2D eigenvalue weighted by Crippen LogP contribution is -2.51. The molecule has 4 aromatic rings. The third kappa shape index (κ3) is 3.89. The van der Waals surface area contributed by atoms with Crippen molar-refractivity contribution in [3.8, 4) is 28.5 Å². The Balaban J connectivity index is 1.58. The number of carbonyl (C=O) groups is 1. The van der Waals surface area contributed by atoms with Crippen molar-refractivity contribution >= 4 is 34.3 Å². The maximum absolute atomic E-state index is 16.3. The largest absolute Gasteiger partial charge is 0.481 e. The van der Waals surface area contributed by atoms with Gasteiger partial charge in [0, 0.05) is 33.8 Å². The number of nitrogens with one attached hydrogen (secondary N) is 2. The van der Waals surface area contributed by atoms with Gasteiger partial charge in [0.1, 0.15) is 11.9 Å². The second-order valence-corrected chi connectivity index (χ2v) is 10.5. The van der Waals surface area contributed by atoms with E-state index in [-0.39, 0.29) is 45.0 Å². The minimum Gasteiger partial charge on any atom is -0.481 e. The number of fused-ring (bicyclic) bond motifs is 4. The van der Waals surface area contributed by atoms with Gasteiger partial charge in [-0.2, -0.15) is 5.26 Å². The number of hydrogen-bond donors (Lipinski definition) is 3. The molecule has 2 aromatic heterocycles. The van der Waals surface area contributed by atoms with Gasteiger partial charge in [0.15, 0.2) is 11.6 Å². The van der Waals surface area contributed by atoms with Gasteiger partial charge >= 0.3 is 5.97 Å². The van der Waals surface area contributed by atoms with E-state index in [2.05, 4.69) is 21.4 Å². The van der Waals surface area contributed by atoms with Gasteiger partial charge in [-0.15, -0.1) is 0 Å². The summed E-state index contributed by atoms with van der Waals surface area (Å²) in [6, 6.07) is 13.0. The standard InChI is InChI=1S/C29H23ClF2N4O2/c30-17-10-18-20(13-34-27(18)21(31)11-17)26-19(12-33)22(14-4-2-1-3-5-14)24(32)28(36-26)35-25-16-8-6-15(7-9-16)23(25)29(37)38/h1-5,10-11,13,15-16,23,25,34H,6-9H2,(H,35,36)(H,37,38)/t15?,16?,23-,25-/m0/s1. The van der Waals surface area contributed by atoms with E-state index >= 15 is 4.39 Å². The predicted octanol–water partition coefficient (Wildman–Crippen LogP) is 7.00. The summed E-state index contributed by atoms with van der Waals surface area (Å²) in [4.78, 5) is 19.7. The Morgan fingerprint density at radius 3 is 2.53 bits per heavy atom. The third-order valence-corrected chi connectivity index (χ3v) is 8.30. The van der Waals surface area contributed by atoms with E-state index in [1.165, 1.54) is 12.3 Å². The van der Waals surface area contributed by atoms with Crippen LogP contribution in [0.15, 0.2) is 48.7 Å². The molecule has 2 atom stereocenters. The van der Waals surface area contributed by atoms with Crippen molar-refractivity contribution in [3.05, 3.63) is 70.9 Å². The summed E-state index contributed by atoms with van der Waals surface area (Å²) in [5, 5.41) is 24.0. The van der Waals surface area contributed by atoms with Gasteiger partial charge in [-0.1, -0.05) is 41.9 Å². The molecule has 0 amide bonds. The number of H-pyrrole nitrogens is 1. The fraction of sp³-hybridized carbons (Fsp3) is 0.276. The second-order valence-electron chi connectivity index (χ2n) is 10.1. The quantitative estimate of drug-likeness (QED) is 0.257. The van der Waals surface area contributed by atoms with Crippen LogP contribution in [0.1, 0.15) is 31.2 Å². The SMILES string of the molecule is N#Cc1c(-c2c[nH]c3c(F)cc(Cl)cc23)nc(N[C@H]2C3CCC(CC3)[C@@H]2C(=O)O)c(F)c1-c1ccccc1. The number of aliphatic carboxylic acids is 1. The van der Waals surface area contributed by atoms with Crippen LogP contribution in [0, 0.1) is 40.7 Å². The van der Waals surface area contributed by atoms with Crippen LogP contribution in [0.4, 0.5) is 14.6 Å². The fourth-order valence-corrected chi connectivity index (χ4v) is 6.56. The Hall–Kier alpha value is -3.96. The average Bonchev–Trinajstić information content (AvgIpc) is 3.34. The van der Waals surface area contributed by atoms with E-state index in [0.717, 1.165) is 25.7 Å². The number of nitriles is 1. The van der Waals surface area contributed by atoms with Gasteiger partial charge < -0.3 is 15.4 Å². The van der Waals surface area contributed by atoms with Crippen LogP contribution < -0.4 is 5.32 Å². The molecule has 0 unspecified atom stereocenters. The topological polar surface area (TPSA) is 102 Å². The maximum Gasteiger partial charge on any atom is 0.308 e. The van der Waals surface area contributed by atoms with Crippen molar-refractivity contribution < 1.29 is 18.7 Å². The molecule has 3 fully saturated rings. The van der Waals surface area contributed by atoms with E-state index in [1.54, 1.807) is 36.4 Å². The molecule has 38 heavy (non-hydrogen) atoms. The van der Waals surface area contributed by atoms with Crippen LogP contribution in [0.2, 0.25) is 5.02 Å². The zero-order valence-corrected chi connectivity index (χ0v) is 20.9.